The van der Waals surface area contributed by atoms with Gasteiger partial charge in [0.25, 0.3) is 5.91 Å². The van der Waals surface area contributed by atoms with Crippen molar-refractivity contribution in [1.82, 2.24) is 10.2 Å². The molecule has 35 heavy (non-hydrogen) atoms. The zero-order valence-corrected chi connectivity index (χ0v) is 20.9. The molecule has 0 saturated heterocycles. The quantitative estimate of drug-likeness (QED) is 0.529. The van der Waals surface area contributed by atoms with Gasteiger partial charge in [-0.2, -0.15) is 0 Å². The lowest BCUT2D eigenvalue weighted by Crippen LogP contribution is -2.52. The van der Waals surface area contributed by atoms with Crippen LogP contribution in [0.2, 0.25) is 0 Å². The highest BCUT2D eigenvalue weighted by atomic mass is 16.5. The van der Waals surface area contributed by atoms with E-state index in [-0.39, 0.29) is 29.9 Å². The van der Waals surface area contributed by atoms with Crippen LogP contribution >= 0.6 is 0 Å². The average Bonchev–Trinajstić information content (AvgIpc) is 3.17. The first kappa shape index (κ1) is 23.9. The molecule has 2 atom stereocenters. The monoisotopic (exact) mass is 474 g/mol. The van der Waals surface area contributed by atoms with E-state index in [0.717, 1.165) is 55.4 Å². The predicted octanol–water partition coefficient (Wildman–Crippen LogP) is 6.15. The van der Waals surface area contributed by atoms with Crippen LogP contribution in [0.4, 0.5) is 0 Å². The van der Waals surface area contributed by atoms with E-state index in [1.165, 1.54) is 32.1 Å². The predicted molar refractivity (Wildman–Crippen MR) is 138 cm³/mol. The summed E-state index contributed by atoms with van der Waals surface area (Å²) in [7, 11) is 1.66. The van der Waals surface area contributed by atoms with Gasteiger partial charge in [0.15, 0.2) is 0 Å². The molecule has 1 N–H and O–H groups in total. The third kappa shape index (κ3) is 4.96. The van der Waals surface area contributed by atoms with Gasteiger partial charge < -0.3 is 15.0 Å². The van der Waals surface area contributed by atoms with Crippen molar-refractivity contribution < 1.29 is 14.3 Å². The maximum atomic E-state index is 14.1. The number of carbonyl (C=O) groups excluding carboxylic acids is 2. The number of methoxy groups -OCH3 is 1. The van der Waals surface area contributed by atoms with Crippen molar-refractivity contribution in [2.45, 2.75) is 94.7 Å². The molecule has 5 nitrogen and oxygen atoms in total. The Morgan fingerprint density at radius 1 is 0.857 bits per heavy atom. The summed E-state index contributed by atoms with van der Waals surface area (Å²) in [6.45, 7) is 0. The fraction of sp³-hybridized carbons (Fsp3) is 0.533. The topological polar surface area (TPSA) is 58.6 Å². The second-order valence-corrected chi connectivity index (χ2v) is 10.5. The maximum absolute atomic E-state index is 14.1. The zero-order valence-electron chi connectivity index (χ0n) is 20.9. The smallest absolute Gasteiger partial charge is 0.254 e. The van der Waals surface area contributed by atoms with Crippen LogP contribution in [0, 0.1) is 0 Å². The first-order valence-corrected chi connectivity index (χ1v) is 13.5. The highest BCUT2D eigenvalue weighted by molar-refractivity contribution is 6.01. The number of rotatable bonds is 5. The molecule has 2 aromatic rings. The number of carbonyl (C=O) groups is 2. The number of benzene rings is 2. The molecular weight excluding hydrogens is 436 g/mol. The van der Waals surface area contributed by atoms with Gasteiger partial charge >= 0.3 is 0 Å². The molecule has 0 radical (unpaired) electrons. The molecule has 2 saturated carbocycles. The lowest BCUT2D eigenvalue weighted by atomic mass is 9.77. The number of nitrogens with one attached hydrogen (secondary N) is 1. The number of fused-ring (bicyclic) bond motifs is 1. The Morgan fingerprint density at radius 2 is 1.49 bits per heavy atom. The molecule has 1 heterocycles. The van der Waals surface area contributed by atoms with Crippen LogP contribution < -0.4 is 10.1 Å². The third-order valence-corrected chi connectivity index (χ3v) is 8.29. The number of hydrogen-bond donors (Lipinski definition) is 1. The summed E-state index contributed by atoms with van der Waals surface area (Å²) < 4.78 is 5.40. The second-order valence-electron chi connectivity index (χ2n) is 10.5. The van der Waals surface area contributed by atoms with E-state index < -0.39 is 5.92 Å². The molecule has 2 amide bonds. The molecule has 2 aliphatic carbocycles. The van der Waals surface area contributed by atoms with Crippen LogP contribution in [0.25, 0.3) is 0 Å². The number of nitrogens with zero attached hydrogens (tertiary/aromatic N) is 1. The van der Waals surface area contributed by atoms with E-state index in [1.54, 1.807) is 7.11 Å². The lowest BCUT2D eigenvalue weighted by molar-refractivity contribution is -0.125. The van der Waals surface area contributed by atoms with Crippen molar-refractivity contribution in [3.63, 3.8) is 0 Å². The number of amides is 2. The minimum absolute atomic E-state index is 0.0541. The van der Waals surface area contributed by atoms with Crippen molar-refractivity contribution in [2.75, 3.05) is 7.11 Å². The van der Waals surface area contributed by atoms with Crippen molar-refractivity contribution in [1.29, 1.82) is 0 Å². The van der Waals surface area contributed by atoms with Crippen LogP contribution in [0.5, 0.6) is 5.75 Å². The summed E-state index contributed by atoms with van der Waals surface area (Å²) in [6, 6.07) is 15.8. The fourth-order valence-electron chi connectivity index (χ4n) is 6.46. The molecular formula is C30H38N2O3. The van der Waals surface area contributed by atoms with Crippen molar-refractivity contribution in [3.8, 4) is 5.75 Å². The molecule has 186 valence electrons. The van der Waals surface area contributed by atoms with Gasteiger partial charge in [0.05, 0.1) is 19.1 Å². The van der Waals surface area contributed by atoms with Gasteiger partial charge in [0, 0.05) is 17.6 Å². The van der Waals surface area contributed by atoms with Crippen LogP contribution in [-0.2, 0) is 4.79 Å². The number of ether oxygens (including phenoxy) is 1. The lowest BCUT2D eigenvalue weighted by Gasteiger charge is -2.47. The van der Waals surface area contributed by atoms with Gasteiger partial charge in [-0.25, -0.2) is 0 Å². The van der Waals surface area contributed by atoms with Crippen molar-refractivity contribution in [3.05, 3.63) is 65.2 Å². The second kappa shape index (κ2) is 10.8. The molecule has 3 aliphatic rings. The number of hydrogen-bond acceptors (Lipinski definition) is 3. The highest BCUT2D eigenvalue weighted by Gasteiger charge is 2.46. The van der Waals surface area contributed by atoms with E-state index in [0.29, 0.717) is 5.56 Å². The van der Waals surface area contributed by atoms with E-state index >= 15 is 0 Å². The Balaban J connectivity index is 1.58. The van der Waals surface area contributed by atoms with Gasteiger partial charge in [0.2, 0.25) is 5.91 Å². The summed E-state index contributed by atoms with van der Waals surface area (Å²) in [6.07, 6.45) is 12.4. The third-order valence-electron chi connectivity index (χ3n) is 8.29. The molecule has 5 rings (SSSR count). The first-order valence-electron chi connectivity index (χ1n) is 13.5. The Hall–Kier alpha value is -2.82. The van der Waals surface area contributed by atoms with Gasteiger partial charge in [0.1, 0.15) is 5.75 Å². The highest BCUT2D eigenvalue weighted by Crippen LogP contribution is 2.46. The van der Waals surface area contributed by atoms with Crippen LogP contribution in [0.3, 0.4) is 0 Å². The molecule has 1 aliphatic heterocycles. The SMILES string of the molecule is COc1ccc([C@@H]2[C@H](C(=O)NC3CCCCCC3)c3ccccc3C(=O)N2C2CCCCC2)cc1. The molecule has 2 aromatic carbocycles. The maximum Gasteiger partial charge on any atom is 0.254 e. The summed E-state index contributed by atoms with van der Waals surface area (Å²) in [5.74, 6) is 0.466. The molecule has 2 fully saturated rings. The van der Waals surface area contributed by atoms with Gasteiger partial charge in [-0.3, -0.25) is 9.59 Å². The van der Waals surface area contributed by atoms with Crippen LogP contribution in [0.1, 0.15) is 104 Å². The first-order chi connectivity index (χ1) is 17.2. The molecule has 0 aromatic heterocycles. The summed E-state index contributed by atoms with van der Waals surface area (Å²) in [5, 5.41) is 3.43. The van der Waals surface area contributed by atoms with Gasteiger partial charge in [-0.05, 0) is 55.0 Å². The molecule has 0 unspecified atom stereocenters. The largest absolute Gasteiger partial charge is 0.497 e. The Kier molecular flexibility index (Phi) is 7.40. The van der Waals surface area contributed by atoms with E-state index in [2.05, 4.69) is 10.2 Å². The summed E-state index contributed by atoms with van der Waals surface area (Å²) >= 11 is 0. The zero-order chi connectivity index (χ0) is 24.2. The standard InChI is InChI=1S/C30H38N2O3/c1-35-24-19-17-21(18-20-24)28-27(29(33)31-22-11-5-2-3-6-12-22)25-15-9-10-16-26(25)30(34)32(28)23-13-7-4-8-14-23/h9-10,15-20,22-23,27-28H,2-8,11-14H2,1H3,(H,31,33)/t27-,28-/m1/s1. The van der Waals surface area contributed by atoms with E-state index in [9.17, 15) is 9.59 Å². The summed E-state index contributed by atoms with van der Waals surface area (Å²) in [5.41, 5.74) is 2.54. The Morgan fingerprint density at radius 3 is 2.17 bits per heavy atom. The fourth-order valence-corrected chi connectivity index (χ4v) is 6.46. The summed E-state index contributed by atoms with van der Waals surface area (Å²) in [4.78, 5) is 30.2. The Bertz CT molecular complexity index is 1020. The average molecular weight is 475 g/mol. The molecule has 0 spiro atoms. The van der Waals surface area contributed by atoms with Crippen LogP contribution in [0.15, 0.2) is 48.5 Å². The van der Waals surface area contributed by atoms with Crippen LogP contribution in [-0.4, -0.2) is 35.9 Å². The van der Waals surface area contributed by atoms with E-state index in [4.69, 9.17) is 4.74 Å². The minimum atomic E-state index is -0.428. The normalized spacial score (nSPS) is 23.9. The van der Waals surface area contributed by atoms with Gasteiger partial charge in [-0.15, -0.1) is 0 Å². The minimum Gasteiger partial charge on any atom is -0.497 e. The molecule has 5 heteroatoms. The van der Waals surface area contributed by atoms with Gasteiger partial charge in [-0.1, -0.05) is 75.3 Å². The Labute approximate surface area is 209 Å². The molecule has 0 bridgehead atoms. The van der Waals surface area contributed by atoms with Crippen molar-refractivity contribution >= 4 is 11.8 Å². The van der Waals surface area contributed by atoms with Crippen molar-refractivity contribution in [2.24, 2.45) is 0 Å². The van der Waals surface area contributed by atoms with E-state index in [1.807, 2.05) is 48.5 Å².